The van der Waals surface area contributed by atoms with Crippen LogP contribution in [0.15, 0.2) is 28.0 Å². The van der Waals surface area contributed by atoms with Crippen molar-refractivity contribution in [2.24, 2.45) is 4.40 Å². The van der Waals surface area contributed by atoms with Crippen LogP contribution in [0.25, 0.3) is 0 Å². The predicted molar refractivity (Wildman–Crippen MR) is 53.7 cm³/mol. The smallest absolute Gasteiger partial charge is 0.407 e. The first-order valence-corrected chi connectivity index (χ1v) is 4.65. The van der Waals surface area contributed by atoms with Crippen LogP contribution < -0.4 is 5.32 Å². The van der Waals surface area contributed by atoms with Gasteiger partial charge in [-0.1, -0.05) is 12.2 Å². The van der Waals surface area contributed by atoms with Crippen molar-refractivity contribution < 1.29 is 9.53 Å². The lowest BCUT2D eigenvalue weighted by atomic mass is 10.5. The Morgan fingerprint density at radius 3 is 3.00 bits per heavy atom. The van der Waals surface area contributed by atoms with E-state index in [-0.39, 0.29) is 6.09 Å². The number of carbonyl (C=O) groups is 1. The molecule has 0 spiro atoms. The first kappa shape index (κ1) is 9.85. The molecule has 1 fully saturated rings. The average molecular weight is 198 g/mol. The topological polar surface area (TPSA) is 50.7 Å². The normalized spacial score (nSPS) is 18.3. The number of cyclic esters (lactones) is 1. The van der Waals surface area contributed by atoms with E-state index in [0.29, 0.717) is 13.2 Å². The van der Waals surface area contributed by atoms with Crippen molar-refractivity contribution in [3.8, 4) is 0 Å². The molecule has 0 atom stereocenters. The molecule has 0 unspecified atom stereocenters. The summed E-state index contributed by atoms with van der Waals surface area (Å²) in [4.78, 5) is 9.91. The van der Waals surface area contributed by atoms with E-state index in [0.717, 1.165) is 0 Å². The summed E-state index contributed by atoms with van der Waals surface area (Å²) in [7, 11) is 0. The highest BCUT2D eigenvalue weighted by Crippen LogP contribution is 2.03. The summed E-state index contributed by atoms with van der Waals surface area (Å²) in [6.45, 7) is 1.19. The molecule has 5 heteroatoms. The zero-order chi connectivity index (χ0) is 9.36. The fourth-order valence-electron chi connectivity index (χ4n) is 0.648. The fourth-order valence-corrected chi connectivity index (χ4v) is 1.02. The SMILES string of the molecule is C1=CC=NSC=C1.O=C1NCCO1. The highest BCUT2D eigenvalue weighted by Gasteiger charge is 2.06. The highest BCUT2D eigenvalue weighted by molar-refractivity contribution is 8.01. The minimum absolute atomic E-state index is 0.296. The molecule has 0 aliphatic carbocycles. The van der Waals surface area contributed by atoms with E-state index in [2.05, 4.69) is 14.5 Å². The lowest BCUT2D eigenvalue weighted by Crippen LogP contribution is -2.11. The second-order valence-corrected chi connectivity index (χ2v) is 2.83. The van der Waals surface area contributed by atoms with Crippen LogP contribution in [0.3, 0.4) is 0 Å². The highest BCUT2D eigenvalue weighted by atomic mass is 32.2. The van der Waals surface area contributed by atoms with Gasteiger partial charge in [0.05, 0.1) is 6.54 Å². The van der Waals surface area contributed by atoms with Crippen molar-refractivity contribution in [2.75, 3.05) is 13.2 Å². The molecular formula is C8H10N2O2S. The van der Waals surface area contributed by atoms with Crippen LogP contribution in [0, 0.1) is 0 Å². The Morgan fingerprint density at radius 1 is 1.46 bits per heavy atom. The van der Waals surface area contributed by atoms with E-state index in [1.807, 2.05) is 23.6 Å². The standard InChI is InChI=1S/C5H5NS.C3H5NO2/c1-2-4-6-7-5-3-1;5-3-4-1-2-6-3/h1-5H;1-2H2,(H,4,5). The van der Waals surface area contributed by atoms with Crippen LogP contribution in [0.1, 0.15) is 0 Å². The Hall–Kier alpha value is -1.23. The molecule has 0 aromatic heterocycles. The molecule has 2 heterocycles. The van der Waals surface area contributed by atoms with Crippen LogP contribution in [0.4, 0.5) is 4.79 Å². The third kappa shape index (κ3) is 5.08. The van der Waals surface area contributed by atoms with E-state index in [1.54, 1.807) is 6.21 Å². The Kier molecular flexibility index (Phi) is 4.78. The maximum Gasteiger partial charge on any atom is 0.407 e. The zero-order valence-electron chi connectivity index (χ0n) is 6.97. The van der Waals surface area contributed by atoms with Crippen molar-refractivity contribution in [2.45, 2.75) is 0 Å². The van der Waals surface area contributed by atoms with E-state index in [1.165, 1.54) is 11.9 Å². The van der Waals surface area contributed by atoms with Crippen molar-refractivity contribution in [3.63, 3.8) is 0 Å². The molecule has 1 N–H and O–H groups in total. The number of ether oxygens (including phenoxy) is 1. The molecule has 2 aliphatic rings. The summed E-state index contributed by atoms with van der Waals surface area (Å²) in [5.74, 6) is 0. The summed E-state index contributed by atoms with van der Waals surface area (Å²) in [5, 5.41) is 4.39. The minimum Gasteiger partial charge on any atom is -0.448 e. The molecule has 0 radical (unpaired) electrons. The first-order chi connectivity index (χ1) is 6.39. The van der Waals surface area contributed by atoms with E-state index < -0.39 is 0 Å². The van der Waals surface area contributed by atoms with Crippen LogP contribution in [0.2, 0.25) is 0 Å². The van der Waals surface area contributed by atoms with E-state index >= 15 is 0 Å². The van der Waals surface area contributed by atoms with Gasteiger partial charge in [-0.2, -0.15) is 0 Å². The van der Waals surface area contributed by atoms with E-state index in [9.17, 15) is 4.79 Å². The molecule has 0 bridgehead atoms. The van der Waals surface area contributed by atoms with Gasteiger partial charge in [0, 0.05) is 18.2 Å². The van der Waals surface area contributed by atoms with Crippen LogP contribution >= 0.6 is 11.9 Å². The van der Waals surface area contributed by atoms with Gasteiger partial charge in [0.2, 0.25) is 0 Å². The van der Waals surface area contributed by atoms with Gasteiger partial charge in [-0.15, -0.1) is 0 Å². The third-order valence-electron chi connectivity index (χ3n) is 1.17. The number of nitrogens with one attached hydrogen (secondary N) is 1. The maximum atomic E-state index is 9.91. The molecule has 2 aliphatic heterocycles. The van der Waals surface area contributed by atoms with Crippen molar-refractivity contribution >= 4 is 24.3 Å². The van der Waals surface area contributed by atoms with Gasteiger partial charge >= 0.3 is 6.09 Å². The van der Waals surface area contributed by atoms with Crippen LogP contribution in [-0.4, -0.2) is 25.5 Å². The Labute approximate surface area is 80.9 Å². The molecule has 0 aromatic rings. The van der Waals surface area contributed by atoms with Gasteiger partial charge in [0.25, 0.3) is 0 Å². The van der Waals surface area contributed by atoms with Gasteiger partial charge in [0.15, 0.2) is 0 Å². The molecule has 13 heavy (non-hydrogen) atoms. The van der Waals surface area contributed by atoms with Crippen molar-refractivity contribution in [1.29, 1.82) is 0 Å². The molecule has 4 nitrogen and oxygen atoms in total. The molecule has 0 saturated carbocycles. The van der Waals surface area contributed by atoms with Gasteiger partial charge in [-0.25, -0.2) is 9.19 Å². The maximum absolute atomic E-state index is 9.91. The van der Waals surface area contributed by atoms with Crippen LogP contribution in [0.5, 0.6) is 0 Å². The summed E-state index contributed by atoms with van der Waals surface area (Å²) in [5.41, 5.74) is 0. The molecule has 2 rings (SSSR count). The minimum atomic E-state index is -0.296. The summed E-state index contributed by atoms with van der Waals surface area (Å²) < 4.78 is 8.29. The quantitative estimate of drug-likeness (QED) is 0.600. The number of carbonyl (C=O) groups excluding carboxylic acids is 1. The van der Waals surface area contributed by atoms with Gasteiger partial charge in [-0.05, 0) is 11.5 Å². The van der Waals surface area contributed by atoms with Crippen molar-refractivity contribution in [1.82, 2.24) is 5.32 Å². The van der Waals surface area contributed by atoms with E-state index in [4.69, 9.17) is 0 Å². The Bertz CT molecular complexity index is 227. The zero-order valence-corrected chi connectivity index (χ0v) is 7.79. The lowest BCUT2D eigenvalue weighted by Gasteiger charge is -1.80. The average Bonchev–Trinajstić information content (AvgIpc) is 2.48. The first-order valence-electron chi connectivity index (χ1n) is 3.81. The molecular weight excluding hydrogens is 188 g/mol. The summed E-state index contributed by atoms with van der Waals surface area (Å²) >= 11 is 1.44. The van der Waals surface area contributed by atoms with Gasteiger partial charge in [-0.3, -0.25) is 0 Å². The Balaban J connectivity index is 0.000000132. The van der Waals surface area contributed by atoms with Crippen molar-refractivity contribution in [3.05, 3.63) is 23.6 Å². The third-order valence-corrected chi connectivity index (χ3v) is 1.70. The monoisotopic (exact) mass is 198 g/mol. The summed E-state index contributed by atoms with van der Waals surface area (Å²) in [6, 6.07) is 0. The van der Waals surface area contributed by atoms with Gasteiger partial charge in [0.1, 0.15) is 6.61 Å². The molecule has 0 aromatic carbocycles. The number of allylic oxidation sites excluding steroid dienone is 3. The molecule has 1 amide bonds. The lowest BCUT2D eigenvalue weighted by molar-refractivity contribution is 0.178. The number of nitrogens with zero attached hydrogens (tertiary/aromatic N) is 1. The van der Waals surface area contributed by atoms with Gasteiger partial charge < -0.3 is 10.1 Å². The molecule has 1 saturated heterocycles. The molecule has 70 valence electrons. The number of amides is 1. The number of alkyl carbamates (subject to hydrolysis) is 1. The number of hydrogen-bond acceptors (Lipinski definition) is 4. The largest absolute Gasteiger partial charge is 0.448 e. The second kappa shape index (κ2) is 6.30. The van der Waals surface area contributed by atoms with Crippen LogP contribution in [-0.2, 0) is 4.74 Å². The summed E-state index contributed by atoms with van der Waals surface area (Å²) in [6.07, 6.45) is 7.28. The predicted octanol–water partition coefficient (Wildman–Crippen LogP) is 1.52. The number of rotatable bonds is 0. The fraction of sp³-hybridized carbons (Fsp3) is 0.250. The number of hydrogen-bond donors (Lipinski definition) is 1. The Morgan fingerprint density at radius 2 is 2.38 bits per heavy atom. The second-order valence-electron chi connectivity index (χ2n) is 2.14.